The molecule has 0 unspecified atom stereocenters. The van der Waals surface area contributed by atoms with E-state index < -0.39 is 17.5 Å². The number of nitrogens with zero attached hydrogens (tertiary/aromatic N) is 2. The summed E-state index contributed by atoms with van der Waals surface area (Å²) in [7, 11) is 0. The molecule has 0 saturated carbocycles. The first kappa shape index (κ1) is 15.9. The second-order valence-electron chi connectivity index (χ2n) is 4.47. The van der Waals surface area contributed by atoms with Crippen molar-refractivity contribution < 1.29 is 13.2 Å². The number of benzene rings is 1. The van der Waals surface area contributed by atoms with E-state index in [0.29, 0.717) is 18.7 Å². The van der Waals surface area contributed by atoms with Crippen LogP contribution < -0.4 is 5.32 Å². The molecule has 0 aliphatic rings. The maximum absolute atomic E-state index is 13.6. The van der Waals surface area contributed by atoms with Crippen LogP contribution in [0.25, 0.3) is 0 Å². The monoisotopic (exact) mass is 361 g/mol. The van der Waals surface area contributed by atoms with Crippen LogP contribution in [0.4, 0.5) is 18.9 Å². The molecule has 0 radical (unpaired) electrons. The van der Waals surface area contributed by atoms with Gasteiger partial charge in [-0.25, -0.2) is 13.2 Å². The minimum absolute atomic E-state index is 0.181. The average Bonchev–Trinajstić information content (AvgIpc) is 2.73. The first-order valence-electron chi connectivity index (χ1n) is 6.60. The number of anilines is 1. The molecular weight excluding hydrogens is 347 g/mol. The van der Waals surface area contributed by atoms with E-state index in [1.807, 2.05) is 13.8 Å². The van der Waals surface area contributed by atoms with E-state index in [1.165, 1.54) is 0 Å². The summed E-state index contributed by atoms with van der Waals surface area (Å²) in [5.74, 6) is -2.85. The summed E-state index contributed by atoms with van der Waals surface area (Å²) in [5, 5.41) is 7.07. The van der Waals surface area contributed by atoms with E-state index in [1.54, 1.807) is 4.68 Å². The van der Waals surface area contributed by atoms with Crippen LogP contribution in [0, 0.1) is 17.5 Å². The maximum Gasteiger partial charge on any atom is 0.152 e. The summed E-state index contributed by atoms with van der Waals surface area (Å²) in [6.07, 6.45) is 0.750. The Hall–Kier alpha value is -1.50. The molecule has 0 fully saturated rings. The fraction of sp³-hybridized carbons (Fsp3) is 0.357. The number of halogens is 4. The zero-order valence-electron chi connectivity index (χ0n) is 11.7. The second kappa shape index (κ2) is 6.51. The number of nitrogens with one attached hydrogen (secondary N) is 1. The van der Waals surface area contributed by atoms with Gasteiger partial charge in [-0.15, -0.1) is 0 Å². The molecule has 21 heavy (non-hydrogen) atoms. The van der Waals surface area contributed by atoms with Gasteiger partial charge in [0.2, 0.25) is 0 Å². The number of hydrogen-bond donors (Lipinski definition) is 1. The van der Waals surface area contributed by atoms with Crippen LogP contribution in [-0.4, -0.2) is 9.78 Å². The Kier molecular flexibility index (Phi) is 4.92. The van der Waals surface area contributed by atoms with Gasteiger partial charge in [0.15, 0.2) is 11.6 Å². The molecule has 0 amide bonds. The van der Waals surface area contributed by atoms with Gasteiger partial charge < -0.3 is 5.32 Å². The Bertz CT molecular complexity index is 632. The van der Waals surface area contributed by atoms with Crippen LogP contribution in [0.3, 0.4) is 0 Å². The van der Waals surface area contributed by atoms with Crippen LogP contribution >= 0.6 is 15.9 Å². The van der Waals surface area contributed by atoms with Gasteiger partial charge in [-0.1, -0.05) is 6.92 Å². The summed E-state index contributed by atoms with van der Waals surface area (Å²) in [6, 6.07) is 1.30. The first-order chi connectivity index (χ1) is 9.97. The van der Waals surface area contributed by atoms with Crippen molar-refractivity contribution in [1.82, 2.24) is 9.78 Å². The third kappa shape index (κ3) is 3.23. The van der Waals surface area contributed by atoms with Crippen molar-refractivity contribution in [2.45, 2.75) is 33.4 Å². The van der Waals surface area contributed by atoms with Crippen molar-refractivity contribution in [1.29, 1.82) is 0 Å². The number of aromatic nitrogens is 2. The fourth-order valence-corrected chi connectivity index (χ4v) is 2.77. The van der Waals surface area contributed by atoms with E-state index in [-0.39, 0.29) is 12.2 Å². The molecule has 1 aromatic heterocycles. The second-order valence-corrected chi connectivity index (χ2v) is 5.27. The van der Waals surface area contributed by atoms with Gasteiger partial charge in [0.05, 0.1) is 22.4 Å². The van der Waals surface area contributed by atoms with Crippen molar-refractivity contribution >= 4 is 21.6 Å². The zero-order chi connectivity index (χ0) is 15.6. The van der Waals surface area contributed by atoms with Crippen LogP contribution in [0.15, 0.2) is 16.6 Å². The molecule has 0 bridgehead atoms. The quantitative estimate of drug-likeness (QED) is 0.862. The lowest BCUT2D eigenvalue weighted by Gasteiger charge is -2.10. The summed E-state index contributed by atoms with van der Waals surface area (Å²) in [6.45, 7) is 4.73. The van der Waals surface area contributed by atoms with Gasteiger partial charge in [0.25, 0.3) is 0 Å². The minimum atomic E-state index is -0.957. The highest BCUT2D eigenvalue weighted by molar-refractivity contribution is 9.10. The topological polar surface area (TPSA) is 29.9 Å². The lowest BCUT2D eigenvalue weighted by Crippen LogP contribution is -2.10. The van der Waals surface area contributed by atoms with E-state index >= 15 is 0 Å². The van der Waals surface area contributed by atoms with E-state index in [2.05, 4.69) is 26.3 Å². The van der Waals surface area contributed by atoms with Gasteiger partial charge in [-0.2, -0.15) is 5.10 Å². The Labute approximate surface area is 129 Å². The molecule has 1 aromatic carbocycles. The molecule has 2 rings (SSSR count). The number of hydrogen-bond acceptors (Lipinski definition) is 2. The average molecular weight is 362 g/mol. The Morgan fingerprint density at radius 2 is 1.81 bits per heavy atom. The largest absolute Gasteiger partial charge is 0.375 e. The van der Waals surface area contributed by atoms with Gasteiger partial charge in [0, 0.05) is 18.7 Å². The summed E-state index contributed by atoms with van der Waals surface area (Å²) < 4.78 is 42.6. The molecule has 1 heterocycles. The minimum Gasteiger partial charge on any atom is -0.375 e. The highest BCUT2D eigenvalue weighted by Crippen LogP contribution is 2.25. The van der Waals surface area contributed by atoms with Crippen molar-refractivity contribution in [3.05, 3.63) is 45.4 Å². The Balaban J connectivity index is 2.26. The van der Waals surface area contributed by atoms with E-state index in [0.717, 1.165) is 22.3 Å². The van der Waals surface area contributed by atoms with E-state index in [9.17, 15) is 13.2 Å². The van der Waals surface area contributed by atoms with Crippen molar-refractivity contribution in [3.63, 3.8) is 0 Å². The van der Waals surface area contributed by atoms with E-state index in [4.69, 9.17) is 0 Å². The van der Waals surface area contributed by atoms with Crippen LogP contribution in [0.2, 0.25) is 0 Å². The van der Waals surface area contributed by atoms with Gasteiger partial charge in [-0.3, -0.25) is 4.68 Å². The molecule has 2 aromatic rings. The van der Waals surface area contributed by atoms with Gasteiger partial charge in [-0.05, 0) is 29.3 Å². The predicted octanol–water partition coefficient (Wildman–Crippen LogP) is 4.26. The molecule has 0 aliphatic carbocycles. The van der Waals surface area contributed by atoms with Crippen molar-refractivity contribution in [2.24, 2.45) is 0 Å². The number of rotatable bonds is 5. The molecular formula is C14H15BrF3N3. The number of aryl methyl sites for hydroxylation is 2. The maximum atomic E-state index is 13.6. The van der Waals surface area contributed by atoms with Gasteiger partial charge >= 0.3 is 0 Å². The lowest BCUT2D eigenvalue weighted by molar-refractivity contribution is 0.546. The third-order valence-corrected chi connectivity index (χ3v) is 4.05. The summed E-state index contributed by atoms with van der Waals surface area (Å²) in [4.78, 5) is 0. The van der Waals surface area contributed by atoms with Crippen LogP contribution in [0.5, 0.6) is 0 Å². The first-order valence-corrected chi connectivity index (χ1v) is 7.39. The van der Waals surface area contributed by atoms with Gasteiger partial charge in [0.1, 0.15) is 11.5 Å². The predicted molar refractivity (Wildman–Crippen MR) is 78.6 cm³/mol. The Morgan fingerprint density at radius 1 is 1.19 bits per heavy atom. The lowest BCUT2D eigenvalue weighted by atomic mass is 10.2. The highest BCUT2D eigenvalue weighted by Gasteiger charge is 2.16. The normalized spacial score (nSPS) is 11.0. The van der Waals surface area contributed by atoms with Crippen LogP contribution in [0.1, 0.15) is 25.2 Å². The standard InChI is InChI=1S/C14H15BrF3N3/c1-3-11-13(15)12(21(4-2)20-11)7-19-14-9(17)5-8(16)6-10(14)18/h5-6,19H,3-4,7H2,1-2H3. The molecule has 7 heteroatoms. The molecule has 0 aliphatic heterocycles. The zero-order valence-corrected chi connectivity index (χ0v) is 13.3. The molecule has 1 N–H and O–H groups in total. The molecule has 114 valence electrons. The van der Waals surface area contributed by atoms with Crippen molar-refractivity contribution in [2.75, 3.05) is 5.32 Å². The summed E-state index contributed by atoms with van der Waals surface area (Å²) >= 11 is 3.45. The molecule has 0 spiro atoms. The van der Waals surface area contributed by atoms with Crippen LogP contribution in [-0.2, 0) is 19.5 Å². The molecule has 0 saturated heterocycles. The fourth-order valence-electron chi connectivity index (χ4n) is 2.07. The van der Waals surface area contributed by atoms with Crippen molar-refractivity contribution in [3.8, 4) is 0 Å². The summed E-state index contributed by atoms with van der Waals surface area (Å²) in [5.41, 5.74) is 1.33. The third-order valence-electron chi connectivity index (χ3n) is 3.13. The highest BCUT2D eigenvalue weighted by atomic mass is 79.9. The molecule has 0 atom stereocenters. The smallest absolute Gasteiger partial charge is 0.152 e. The molecule has 3 nitrogen and oxygen atoms in total. The SMILES string of the molecule is CCc1nn(CC)c(CNc2c(F)cc(F)cc2F)c1Br. The Morgan fingerprint density at radius 3 is 2.33 bits per heavy atom.